The molecule has 1 aromatic heterocycles. The van der Waals surface area contributed by atoms with Crippen LogP contribution in [-0.4, -0.2) is 31.3 Å². The van der Waals surface area contributed by atoms with Gasteiger partial charge in [-0.25, -0.2) is 4.79 Å². The van der Waals surface area contributed by atoms with Crippen LogP contribution in [0.25, 0.3) is 0 Å². The van der Waals surface area contributed by atoms with Crippen LogP contribution < -0.4 is 5.32 Å². The number of nitrogens with one attached hydrogen (secondary N) is 1. The lowest BCUT2D eigenvalue weighted by molar-refractivity contribution is 0.0660. The predicted molar refractivity (Wildman–Crippen MR) is 58.4 cm³/mol. The molecule has 0 bridgehead atoms. The van der Waals surface area contributed by atoms with E-state index in [2.05, 4.69) is 12.2 Å². The SMILES string of the molecule is COCC(C)CNCc1ccoc1C(=O)O. The van der Waals surface area contributed by atoms with Crippen LogP contribution in [-0.2, 0) is 11.3 Å². The minimum atomic E-state index is -1.04. The first-order valence-corrected chi connectivity index (χ1v) is 5.14. The Balaban J connectivity index is 2.37. The number of rotatable bonds is 7. The van der Waals surface area contributed by atoms with E-state index in [1.165, 1.54) is 6.26 Å². The average molecular weight is 227 g/mol. The fourth-order valence-corrected chi connectivity index (χ4v) is 1.46. The van der Waals surface area contributed by atoms with Crippen LogP contribution in [0, 0.1) is 5.92 Å². The summed E-state index contributed by atoms with van der Waals surface area (Å²) in [5.41, 5.74) is 0.664. The fraction of sp³-hybridized carbons (Fsp3) is 0.545. The summed E-state index contributed by atoms with van der Waals surface area (Å²) in [4.78, 5) is 10.7. The number of furan rings is 1. The molecule has 0 saturated carbocycles. The molecule has 90 valence electrons. The second kappa shape index (κ2) is 6.30. The first-order valence-electron chi connectivity index (χ1n) is 5.14. The normalized spacial score (nSPS) is 12.6. The summed E-state index contributed by atoms with van der Waals surface area (Å²) in [5, 5.41) is 12.0. The number of hydrogen-bond donors (Lipinski definition) is 2. The Kier molecular flexibility index (Phi) is 5.01. The van der Waals surface area contributed by atoms with Gasteiger partial charge in [-0.1, -0.05) is 6.92 Å². The number of hydrogen-bond acceptors (Lipinski definition) is 4. The van der Waals surface area contributed by atoms with E-state index in [1.807, 2.05) is 0 Å². The number of ether oxygens (including phenoxy) is 1. The Morgan fingerprint density at radius 1 is 1.69 bits per heavy atom. The number of carbonyl (C=O) groups is 1. The van der Waals surface area contributed by atoms with Crippen LogP contribution in [0.5, 0.6) is 0 Å². The topological polar surface area (TPSA) is 71.7 Å². The van der Waals surface area contributed by atoms with Crippen LogP contribution in [0.3, 0.4) is 0 Å². The van der Waals surface area contributed by atoms with Gasteiger partial charge in [-0.15, -0.1) is 0 Å². The summed E-state index contributed by atoms with van der Waals surface area (Å²) in [6, 6.07) is 1.66. The zero-order chi connectivity index (χ0) is 12.0. The van der Waals surface area contributed by atoms with Crippen LogP contribution >= 0.6 is 0 Å². The maximum absolute atomic E-state index is 10.7. The fourth-order valence-electron chi connectivity index (χ4n) is 1.46. The van der Waals surface area contributed by atoms with Gasteiger partial charge in [0.2, 0.25) is 5.76 Å². The Morgan fingerprint density at radius 2 is 2.44 bits per heavy atom. The molecule has 1 unspecified atom stereocenters. The zero-order valence-corrected chi connectivity index (χ0v) is 9.53. The van der Waals surface area contributed by atoms with Crippen molar-refractivity contribution in [2.45, 2.75) is 13.5 Å². The summed E-state index contributed by atoms with van der Waals surface area (Å²) in [5.74, 6) is -0.635. The Morgan fingerprint density at radius 3 is 3.06 bits per heavy atom. The van der Waals surface area contributed by atoms with Gasteiger partial charge in [-0.05, 0) is 12.0 Å². The molecule has 0 fully saturated rings. The third-order valence-electron chi connectivity index (χ3n) is 2.20. The molecule has 0 aromatic carbocycles. The van der Waals surface area contributed by atoms with Crippen LogP contribution in [0.2, 0.25) is 0 Å². The third kappa shape index (κ3) is 3.67. The van der Waals surface area contributed by atoms with E-state index in [0.717, 1.165) is 6.54 Å². The van der Waals surface area contributed by atoms with E-state index in [1.54, 1.807) is 13.2 Å². The maximum atomic E-state index is 10.7. The molecule has 0 saturated heterocycles. The number of methoxy groups -OCH3 is 1. The summed E-state index contributed by atoms with van der Waals surface area (Å²) in [6.45, 7) is 4.01. The number of aromatic carboxylic acids is 1. The largest absolute Gasteiger partial charge is 0.475 e. The van der Waals surface area contributed by atoms with Crippen LogP contribution in [0.4, 0.5) is 0 Å². The van der Waals surface area contributed by atoms with E-state index in [0.29, 0.717) is 24.6 Å². The standard InChI is InChI=1S/C11H17NO4/c1-8(7-15-2)5-12-6-9-3-4-16-10(9)11(13)14/h3-4,8,12H,5-7H2,1-2H3,(H,13,14). The van der Waals surface area contributed by atoms with E-state index in [9.17, 15) is 4.79 Å². The van der Waals surface area contributed by atoms with Crippen molar-refractivity contribution in [3.63, 3.8) is 0 Å². The van der Waals surface area contributed by atoms with Gasteiger partial charge in [0, 0.05) is 32.4 Å². The summed E-state index contributed by atoms with van der Waals surface area (Å²) in [6.07, 6.45) is 1.39. The molecule has 0 aliphatic heterocycles. The van der Waals surface area contributed by atoms with Gasteiger partial charge in [-0.2, -0.15) is 0 Å². The smallest absolute Gasteiger partial charge is 0.372 e. The van der Waals surface area contributed by atoms with Crippen molar-refractivity contribution in [1.29, 1.82) is 0 Å². The molecule has 1 atom stereocenters. The highest BCUT2D eigenvalue weighted by molar-refractivity contribution is 5.86. The molecule has 1 aromatic rings. The Hall–Kier alpha value is -1.33. The predicted octanol–water partition coefficient (Wildman–Crippen LogP) is 1.35. The van der Waals surface area contributed by atoms with Crippen molar-refractivity contribution in [1.82, 2.24) is 5.32 Å². The van der Waals surface area contributed by atoms with Gasteiger partial charge in [0.15, 0.2) is 0 Å². The molecule has 1 heterocycles. The highest BCUT2D eigenvalue weighted by Crippen LogP contribution is 2.10. The van der Waals surface area contributed by atoms with Gasteiger partial charge in [0.25, 0.3) is 0 Å². The van der Waals surface area contributed by atoms with Crippen LogP contribution in [0.15, 0.2) is 16.7 Å². The molecule has 0 spiro atoms. The maximum Gasteiger partial charge on any atom is 0.372 e. The van der Waals surface area contributed by atoms with Crippen LogP contribution in [0.1, 0.15) is 23.0 Å². The molecule has 0 amide bonds. The molecular formula is C11H17NO4. The quantitative estimate of drug-likeness (QED) is 0.735. The zero-order valence-electron chi connectivity index (χ0n) is 9.53. The minimum Gasteiger partial charge on any atom is -0.475 e. The van der Waals surface area contributed by atoms with E-state index < -0.39 is 5.97 Å². The lowest BCUT2D eigenvalue weighted by atomic mass is 10.2. The van der Waals surface area contributed by atoms with Gasteiger partial charge in [0.05, 0.1) is 6.26 Å². The first-order chi connectivity index (χ1) is 7.65. The molecule has 2 N–H and O–H groups in total. The lowest BCUT2D eigenvalue weighted by Gasteiger charge is -2.10. The van der Waals surface area contributed by atoms with Crippen molar-refractivity contribution in [2.24, 2.45) is 5.92 Å². The minimum absolute atomic E-state index is 0.00638. The van der Waals surface area contributed by atoms with E-state index >= 15 is 0 Å². The lowest BCUT2D eigenvalue weighted by Crippen LogP contribution is -2.23. The highest BCUT2D eigenvalue weighted by atomic mass is 16.5. The molecular weight excluding hydrogens is 210 g/mol. The third-order valence-corrected chi connectivity index (χ3v) is 2.20. The molecule has 5 heteroatoms. The molecule has 5 nitrogen and oxygen atoms in total. The van der Waals surface area contributed by atoms with E-state index in [4.69, 9.17) is 14.3 Å². The molecule has 0 aliphatic rings. The summed E-state index contributed by atoms with van der Waals surface area (Å²) < 4.78 is 9.87. The van der Waals surface area contributed by atoms with E-state index in [-0.39, 0.29) is 5.76 Å². The second-order valence-corrected chi connectivity index (χ2v) is 3.77. The first kappa shape index (κ1) is 12.7. The molecule has 0 radical (unpaired) electrons. The number of carboxylic acid groups (broad SMARTS) is 1. The average Bonchev–Trinajstić information content (AvgIpc) is 2.66. The van der Waals surface area contributed by atoms with Gasteiger partial charge in [0.1, 0.15) is 0 Å². The summed E-state index contributed by atoms with van der Waals surface area (Å²) in [7, 11) is 1.66. The summed E-state index contributed by atoms with van der Waals surface area (Å²) >= 11 is 0. The van der Waals surface area contributed by atoms with Crippen molar-refractivity contribution < 1.29 is 19.1 Å². The van der Waals surface area contributed by atoms with Crippen molar-refractivity contribution in [3.05, 3.63) is 23.7 Å². The molecule has 0 aliphatic carbocycles. The van der Waals surface area contributed by atoms with Gasteiger partial charge >= 0.3 is 5.97 Å². The van der Waals surface area contributed by atoms with Crippen molar-refractivity contribution in [3.8, 4) is 0 Å². The highest BCUT2D eigenvalue weighted by Gasteiger charge is 2.13. The molecule has 16 heavy (non-hydrogen) atoms. The number of carboxylic acids is 1. The molecule has 1 rings (SSSR count). The van der Waals surface area contributed by atoms with Crippen molar-refractivity contribution in [2.75, 3.05) is 20.3 Å². The van der Waals surface area contributed by atoms with Gasteiger partial charge in [-0.3, -0.25) is 0 Å². The Bertz CT molecular complexity index is 334. The van der Waals surface area contributed by atoms with Crippen molar-refractivity contribution >= 4 is 5.97 Å². The Labute approximate surface area is 94.4 Å². The van der Waals surface area contributed by atoms with Gasteiger partial charge < -0.3 is 19.6 Å². The monoisotopic (exact) mass is 227 g/mol. The second-order valence-electron chi connectivity index (χ2n) is 3.77.